The van der Waals surface area contributed by atoms with Crippen molar-refractivity contribution in [2.45, 2.75) is 70.3 Å². The van der Waals surface area contributed by atoms with Crippen molar-refractivity contribution in [1.82, 2.24) is 0 Å². The number of rotatable bonds is 8. The summed E-state index contributed by atoms with van der Waals surface area (Å²) in [5.74, 6) is 1.66. The van der Waals surface area contributed by atoms with Crippen LogP contribution in [0.15, 0.2) is 24.3 Å². The largest absolute Gasteiger partial charge is 0.493 e. The van der Waals surface area contributed by atoms with E-state index in [0.717, 1.165) is 25.2 Å². The molecule has 2 heteroatoms. The Balaban J connectivity index is 1.76. The summed E-state index contributed by atoms with van der Waals surface area (Å²) in [6.45, 7) is 3.10. The Morgan fingerprint density at radius 3 is 2.85 bits per heavy atom. The Bertz CT molecular complexity index is 391. The molecule has 0 spiro atoms. The van der Waals surface area contributed by atoms with Crippen LogP contribution in [0.5, 0.6) is 5.75 Å². The van der Waals surface area contributed by atoms with Crippen LogP contribution in [0.2, 0.25) is 0 Å². The summed E-state index contributed by atoms with van der Waals surface area (Å²) < 4.78 is 5.72. The summed E-state index contributed by atoms with van der Waals surface area (Å²) in [7, 11) is 0. The molecule has 0 fully saturated rings. The lowest BCUT2D eigenvalue weighted by Crippen LogP contribution is -2.25. The molecule has 0 saturated carbocycles. The molecular formula is C18H29NO. The van der Waals surface area contributed by atoms with Crippen molar-refractivity contribution < 1.29 is 4.74 Å². The van der Waals surface area contributed by atoms with E-state index >= 15 is 0 Å². The first-order chi connectivity index (χ1) is 9.81. The van der Waals surface area contributed by atoms with Crippen LogP contribution in [0.3, 0.4) is 0 Å². The summed E-state index contributed by atoms with van der Waals surface area (Å²) in [6.07, 6.45) is 10.0. The summed E-state index contributed by atoms with van der Waals surface area (Å²) >= 11 is 0. The first-order valence-electron chi connectivity index (χ1n) is 8.28. The van der Waals surface area contributed by atoms with Crippen LogP contribution in [0.1, 0.15) is 69.8 Å². The van der Waals surface area contributed by atoms with Crippen LogP contribution in [-0.2, 0) is 0 Å². The van der Waals surface area contributed by atoms with Crippen molar-refractivity contribution in [1.29, 1.82) is 0 Å². The topological polar surface area (TPSA) is 35.2 Å². The molecule has 1 aliphatic rings. The minimum Gasteiger partial charge on any atom is -0.493 e. The van der Waals surface area contributed by atoms with E-state index in [9.17, 15) is 0 Å². The third kappa shape index (κ3) is 4.52. The number of fused-ring (bicyclic) bond motifs is 1. The second kappa shape index (κ2) is 8.31. The van der Waals surface area contributed by atoms with Gasteiger partial charge in [0.2, 0.25) is 0 Å². The molecular weight excluding hydrogens is 246 g/mol. The van der Waals surface area contributed by atoms with Gasteiger partial charge in [0.05, 0.1) is 6.61 Å². The number of nitrogens with two attached hydrogens (primary N) is 1. The first kappa shape index (κ1) is 15.4. The van der Waals surface area contributed by atoms with E-state index < -0.39 is 0 Å². The molecule has 2 atom stereocenters. The average Bonchev–Trinajstić information content (AvgIpc) is 2.47. The average molecular weight is 275 g/mol. The maximum Gasteiger partial charge on any atom is 0.122 e. The van der Waals surface area contributed by atoms with Crippen LogP contribution < -0.4 is 10.5 Å². The summed E-state index contributed by atoms with van der Waals surface area (Å²) in [5, 5.41) is 0. The number of para-hydroxylation sites is 1. The van der Waals surface area contributed by atoms with E-state index in [1.165, 1.54) is 44.1 Å². The number of hydrogen-bond donors (Lipinski definition) is 1. The molecule has 1 heterocycles. The van der Waals surface area contributed by atoms with Crippen molar-refractivity contribution in [3.63, 3.8) is 0 Å². The first-order valence-corrected chi connectivity index (χ1v) is 8.28. The number of unbranched alkanes of at least 4 members (excludes halogenated alkanes) is 4. The molecule has 1 aliphatic heterocycles. The molecule has 1 aromatic rings. The molecule has 0 bridgehead atoms. The van der Waals surface area contributed by atoms with Gasteiger partial charge in [-0.25, -0.2) is 0 Å². The fourth-order valence-electron chi connectivity index (χ4n) is 3.15. The van der Waals surface area contributed by atoms with Gasteiger partial charge in [0.1, 0.15) is 5.75 Å². The number of hydrogen-bond acceptors (Lipinski definition) is 2. The third-order valence-corrected chi connectivity index (χ3v) is 4.35. The zero-order valence-electron chi connectivity index (χ0n) is 12.8. The van der Waals surface area contributed by atoms with E-state index in [1.54, 1.807) is 0 Å². The normalized spacial score (nSPS) is 19.2. The molecule has 0 radical (unpaired) electrons. The Morgan fingerprint density at radius 1 is 1.20 bits per heavy atom. The van der Waals surface area contributed by atoms with Crippen LogP contribution in [0.4, 0.5) is 0 Å². The second-order valence-corrected chi connectivity index (χ2v) is 6.07. The molecule has 0 aromatic heterocycles. The predicted octanol–water partition coefficient (Wildman–Crippen LogP) is 4.63. The highest BCUT2D eigenvalue weighted by Crippen LogP contribution is 2.36. The fraction of sp³-hybridized carbons (Fsp3) is 0.667. The van der Waals surface area contributed by atoms with Crippen LogP contribution in [-0.4, -0.2) is 12.6 Å². The van der Waals surface area contributed by atoms with E-state index in [4.69, 9.17) is 10.5 Å². The highest BCUT2D eigenvalue weighted by Gasteiger charge is 2.22. The van der Waals surface area contributed by atoms with Crippen LogP contribution in [0.25, 0.3) is 0 Å². The molecule has 0 aliphatic carbocycles. The van der Waals surface area contributed by atoms with Gasteiger partial charge in [-0.3, -0.25) is 0 Å². The van der Waals surface area contributed by atoms with Crippen LogP contribution in [0, 0.1) is 0 Å². The van der Waals surface area contributed by atoms with Gasteiger partial charge in [-0.2, -0.15) is 0 Å². The molecule has 2 unspecified atom stereocenters. The Kier molecular flexibility index (Phi) is 6.38. The van der Waals surface area contributed by atoms with Gasteiger partial charge in [0.25, 0.3) is 0 Å². The monoisotopic (exact) mass is 275 g/mol. The molecule has 2 nitrogen and oxygen atoms in total. The Morgan fingerprint density at radius 2 is 2.00 bits per heavy atom. The van der Waals surface area contributed by atoms with E-state index in [-0.39, 0.29) is 0 Å². The molecule has 0 saturated heterocycles. The van der Waals surface area contributed by atoms with Gasteiger partial charge in [-0.1, -0.05) is 57.2 Å². The third-order valence-electron chi connectivity index (χ3n) is 4.35. The SMILES string of the molecule is CCCCCCCC(N)CC1CCOc2ccccc21. The Labute approximate surface area is 123 Å². The molecule has 0 amide bonds. The summed E-state index contributed by atoms with van der Waals surface area (Å²) in [4.78, 5) is 0. The van der Waals surface area contributed by atoms with Crippen molar-refractivity contribution >= 4 is 0 Å². The second-order valence-electron chi connectivity index (χ2n) is 6.07. The highest BCUT2D eigenvalue weighted by molar-refractivity contribution is 5.37. The maximum atomic E-state index is 6.34. The van der Waals surface area contributed by atoms with E-state index in [0.29, 0.717) is 12.0 Å². The van der Waals surface area contributed by atoms with E-state index in [2.05, 4.69) is 31.2 Å². The highest BCUT2D eigenvalue weighted by atomic mass is 16.5. The van der Waals surface area contributed by atoms with Crippen molar-refractivity contribution in [3.8, 4) is 5.75 Å². The summed E-state index contributed by atoms with van der Waals surface area (Å²) in [6, 6.07) is 8.78. The van der Waals surface area contributed by atoms with Gasteiger partial charge in [0.15, 0.2) is 0 Å². The maximum absolute atomic E-state index is 6.34. The molecule has 112 valence electrons. The molecule has 20 heavy (non-hydrogen) atoms. The van der Waals surface area contributed by atoms with Gasteiger partial charge in [-0.05, 0) is 36.8 Å². The van der Waals surface area contributed by atoms with Gasteiger partial charge < -0.3 is 10.5 Å². The smallest absolute Gasteiger partial charge is 0.122 e. The lowest BCUT2D eigenvalue weighted by atomic mass is 9.86. The van der Waals surface area contributed by atoms with E-state index in [1.807, 2.05) is 0 Å². The quantitative estimate of drug-likeness (QED) is 0.702. The van der Waals surface area contributed by atoms with Crippen molar-refractivity contribution in [3.05, 3.63) is 29.8 Å². The standard InChI is InChI=1S/C18H29NO/c1-2-3-4-5-6-9-16(19)14-15-12-13-20-18-11-8-7-10-17(15)18/h7-8,10-11,15-16H,2-6,9,12-14,19H2,1H3. The van der Waals surface area contributed by atoms with Gasteiger partial charge in [-0.15, -0.1) is 0 Å². The minimum absolute atomic E-state index is 0.341. The zero-order valence-corrected chi connectivity index (χ0v) is 12.8. The molecule has 1 aromatic carbocycles. The minimum atomic E-state index is 0.341. The molecule has 2 N–H and O–H groups in total. The zero-order chi connectivity index (χ0) is 14.2. The number of ether oxygens (including phenoxy) is 1. The lowest BCUT2D eigenvalue weighted by molar-refractivity contribution is 0.257. The fourth-order valence-corrected chi connectivity index (χ4v) is 3.15. The van der Waals surface area contributed by atoms with Crippen LogP contribution >= 0.6 is 0 Å². The summed E-state index contributed by atoms with van der Waals surface area (Å²) in [5.41, 5.74) is 7.70. The lowest BCUT2D eigenvalue weighted by Gasteiger charge is -2.27. The Hall–Kier alpha value is -1.02. The van der Waals surface area contributed by atoms with Gasteiger partial charge >= 0.3 is 0 Å². The van der Waals surface area contributed by atoms with Crippen molar-refractivity contribution in [2.75, 3.05) is 6.61 Å². The number of benzene rings is 1. The van der Waals surface area contributed by atoms with Gasteiger partial charge in [0, 0.05) is 6.04 Å². The molecule has 2 rings (SSSR count). The van der Waals surface area contributed by atoms with Crippen molar-refractivity contribution in [2.24, 2.45) is 5.73 Å². The predicted molar refractivity (Wildman–Crippen MR) is 85.3 cm³/mol.